The summed E-state index contributed by atoms with van der Waals surface area (Å²) in [4.78, 5) is 12.6. The van der Waals surface area contributed by atoms with Crippen LogP contribution in [0.2, 0.25) is 0 Å². The zero-order chi connectivity index (χ0) is 24.5. The minimum atomic E-state index is -5.01. The molecule has 1 amide bonds. The van der Waals surface area contributed by atoms with Crippen LogP contribution in [0.4, 0.5) is 23.2 Å². The van der Waals surface area contributed by atoms with E-state index in [9.17, 15) is 30.8 Å². The molecule has 2 heterocycles. The van der Waals surface area contributed by atoms with Gasteiger partial charge in [0, 0.05) is 18.8 Å². The van der Waals surface area contributed by atoms with E-state index in [0.717, 1.165) is 43.5 Å². The Balaban J connectivity index is 1.64. The third-order valence-corrected chi connectivity index (χ3v) is 7.16. The van der Waals surface area contributed by atoms with Gasteiger partial charge in [0.15, 0.2) is 11.4 Å². The molecular weight excluding hydrogens is 478 g/mol. The van der Waals surface area contributed by atoms with Crippen molar-refractivity contribution in [2.75, 3.05) is 18.4 Å². The number of sulfonamides is 1. The number of nitrogens with zero attached hydrogens (tertiary/aromatic N) is 4. The lowest BCUT2D eigenvalue weighted by molar-refractivity contribution is -0.143. The van der Waals surface area contributed by atoms with Crippen LogP contribution in [-0.4, -0.2) is 46.7 Å². The lowest BCUT2D eigenvalue weighted by atomic mass is 10.2. The predicted octanol–water partition coefficient (Wildman–Crippen LogP) is 3.85. The van der Waals surface area contributed by atoms with Gasteiger partial charge in [-0.3, -0.25) is 4.79 Å². The Kier molecular flexibility index (Phi) is 6.41. The first-order chi connectivity index (χ1) is 16.1. The van der Waals surface area contributed by atoms with Crippen LogP contribution in [-0.2, 0) is 16.2 Å². The minimum absolute atomic E-state index is 0.0208. The number of amides is 1. The van der Waals surface area contributed by atoms with Gasteiger partial charge in [-0.15, -0.1) is 5.10 Å². The van der Waals surface area contributed by atoms with Gasteiger partial charge in [-0.2, -0.15) is 17.5 Å². The first-order valence-corrected chi connectivity index (χ1v) is 11.7. The Morgan fingerprint density at radius 3 is 2.32 bits per heavy atom. The quantitative estimate of drug-likeness (QED) is 0.540. The molecule has 0 aliphatic carbocycles. The van der Waals surface area contributed by atoms with Gasteiger partial charge in [0.25, 0.3) is 5.91 Å². The van der Waals surface area contributed by atoms with E-state index in [-0.39, 0.29) is 16.3 Å². The second-order valence-electron chi connectivity index (χ2n) is 7.62. The second-order valence-corrected chi connectivity index (χ2v) is 9.56. The fraction of sp³-hybridized carbons (Fsp3) is 0.286. The number of carbonyl (C=O) groups is 1. The molecular formula is C21H19F4N5O3S. The van der Waals surface area contributed by atoms with Gasteiger partial charge in [-0.05, 0) is 55.3 Å². The van der Waals surface area contributed by atoms with Crippen LogP contribution >= 0.6 is 0 Å². The van der Waals surface area contributed by atoms with E-state index in [2.05, 4.69) is 15.6 Å². The summed E-state index contributed by atoms with van der Waals surface area (Å²) in [5.74, 6) is -1.89. The molecule has 0 spiro atoms. The van der Waals surface area contributed by atoms with E-state index >= 15 is 0 Å². The van der Waals surface area contributed by atoms with Crippen LogP contribution in [0.25, 0.3) is 5.69 Å². The molecule has 4 rings (SSSR count). The molecule has 180 valence electrons. The number of carbonyl (C=O) groups excluding carboxylic acids is 1. The number of hydrogen-bond donors (Lipinski definition) is 1. The van der Waals surface area contributed by atoms with Gasteiger partial charge in [0.1, 0.15) is 5.82 Å². The highest BCUT2D eigenvalue weighted by Gasteiger charge is 2.42. The van der Waals surface area contributed by atoms with E-state index < -0.39 is 39.3 Å². The fourth-order valence-electron chi connectivity index (χ4n) is 3.63. The molecule has 0 atom stereocenters. The van der Waals surface area contributed by atoms with Gasteiger partial charge < -0.3 is 5.32 Å². The number of nitrogens with one attached hydrogen (secondary N) is 1. The average Bonchev–Trinajstić information content (AvgIpc) is 3.26. The fourth-order valence-corrected chi connectivity index (χ4v) is 5.19. The Bertz CT molecular complexity index is 1300. The molecule has 1 fully saturated rings. The van der Waals surface area contributed by atoms with E-state index in [1.807, 2.05) is 0 Å². The maximum Gasteiger partial charge on any atom is 0.435 e. The van der Waals surface area contributed by atoms with Crippen LogP contribution in [0.1, 0.15) is 35.4 Å². The largest absolute Gasteiger partial charge is 0.435 e. The number of rotatable bonds is 5. The lowest BCUT2D eigenvalue weighted by Crippen LogP contribution is -2.35. The maximum absolute atomic E-state index is 13.8. The molecule has 0 unspecified atom stereocenters. The molecule has 1 aliphatic heterocycles. The molecule has 0 radical (unpaired) electrons. The molecule has 2 aromatic carbocycles. The number of benzene rings is 2. The van der Waals surface area contributed by atoms with Crippen molar-refractivity contribution >= 4 is 21.6 Å². The normalized spacial score (nSPS) is 15.3. The molecule has 34 heavy (non-hydrogen) atoms. The summed E-state index contributed by atoms with van der Waals surface area (Å²) in [6.07, 6.45) is -2.61. The van der Waals surface area contributed by atoms with Crippen molar-refractivity contribution in [3.8, 4) is 5.69 Å². The predicted molar refractivity (Wildman–Crippen MR) is 113 cm³/mol. The monoisotopic (exact) mass is 497 g/mol. The molecule has 13 heteroatoms. The summed E-state index contributed by atoms with van der Waals surface area (Å²) in [5, 5.41) is 9.07. The zero-order valence-corrected chi connectivity index (χ0v) is 18.4. The van der Waals surface area contributed by atoms with Gasteiger partial charge in [0.2, 0.25) is 10.0 Å². The van der Waals surface area contributed by atoms with Crippen LogP contribution < -0.4 is 5.32 Å². The Morgan fingerprint density at radius 1 is 1.00 bits per heavy atom. The smallest absolute Gasteiger partial charge is 0.320 e. The summed E-state index contributed by atoms with van der Waals surface area (Å²) < 4.78 is 82.0. The number of anilines is 1. The third-order valence-electron chi connectivity index (χ3n) is 5.27. The van der Waals surface area contributed by atoms with Crippen molar-refractivity contribution in [2.24, 2.45) is 0 Å². The molecule has 1 N–H and O–H groups in total. The maximum atomic E-state index is 13.8. The van der Waals surface area contributed by atoms with E-state index in [1.165, 1.54) is 28.6 Å². The first kappa shape index (κ1) is 23.8. The molecule has 0 bridgehead atoms. The highest BCUT2D eigenvalue weighted by molar-refractivity contribution is 7.89. The topological polar surface area (TPSA) is 97.2 Å². The summed E-state index contributed by atoms with van der Waals surface area (Å²) in [6, 6.07) is 9.30. The number of aromatic nitrogens is 3. The summed E-state index contributed by atoms with van der Waals surface area (Å²) in [5.41, 5.74) is -2.63. The number of alkyl halides is 3. The molecule has 1 saturated heterocycles. The van der Waals surface area contributed by atoms with Crippen molar-refractivity contribution in [1.29, 1.82) is 0 Å². The van der Waals surface area contributed by atoms with Crippen molar-refractivity contribution in [1.82, 2.24) is 19.3 Å². The molecule has 3 aromatic rings. The van der Waals surface area contributed by atoms with E-state index in [0.29, 0.717) is 17.8 Å². The summed E-state index contributed by atoms with van der Waals surface area (Å²) in [7, 11) is -3.81. The SMILES string of the molecule is O=C(Nc1cccc(S(=O)(=O)N2CCCCC2)c1)c1nnn(-c2ccc(F)cc2)c1C(F)(F)F. The van der Waals surface area contributed by atoms with Crippen molar-refractivity contribution in [2.45, 2.75) is 30.3 Å². The molecule has 1 aliphatic rings. The lowest BCUT2D eigenvalue weighted by Gasteiger charge is -2.26. The second kappa shape index (κ2) is 9.14. The summed E-state index contributed by atoms with van der Waals surface area (Å²) in [6.45, 7) is 0.751. The summed E-state index contributed by atoms with van der Waals surface area (Å²) >= 11 is 0. The standard InChI is InChI=1S/C21H19F4N5O3S/c22-14-7-9-16(10-8-14)30-19(21(23,24)25)18(27-28-30)20(31)26-15-5-4-6-17(13-15)34(32,33)29-11-2-1-3-12-29/h4-10,13H,1-3,11-12H2,(H,26,31). The van der Waals surface area contributed by atoms with Crippen molar-refractivity contribution < 1.29 is 30.8 Å². The number of halogens is 4. The van der Waals surface area contributed by atoms with Gasteiger partial charge in [-0.25, -0.2) is 17.5 Å². The Morgan fingerprint density at radius 2 is 1.68 bits per heavy atom. The van der Waals surface area contributed by atoms with Gasteiger partial charge in [0.05, 0.1) is 10.6 Å². The number of piperidine rings is 1. The molecule has 1 aromatic heterocycles. The Hall–Kier alpha value is -3.32. The van der Waals surface area contributed by atoms with Crippen LogP contribution in [0, 0.1) is 5.82 Å². The number of hydrogen-bond acceptors (Lipinski definition) is 5. The van der Waals surface area contributed by atoms with Gasteiger partial charge >= 0.3 is 6.18 Å². The highest BCUT2D eigenvalue weighted by atomic mass is 32.2. The average molecular weight is 497 g/mol. The first-order valence-electron chi connectivity index (χ1n) is 10.3. The van der Waals surface area contributed by atoms with Gasteiger partial charge in [-0.1, -0.05) is 17.7 Å². The van der Waals surface area contributed by atoms with E-state index in [1.54, 1.807) is 0 Å². The minimum Gasteiger partial charge on any atom is -0.320 e. The zero-order valence-electron chi connectivity index (χ0n) is 17.6. The molecule has 8 nitrogen and oxygen atoms in total. The van der Waals surface area contributed by atoms with Crippen molar-refractivity contribution in [3.63, 3.8) is 0 Å². The Labute approximate surface area is 192 Å². The van der Waals surface area contributed by atoms with Crippen LogP contribution in [0.5, 0.6) is 0 Å². The third kappa shape index (κ3) is 4.80. The van der Waals surface area contributed by atoms with E-state index in [4.69, 9.17) is 0 Å². The highest BCUT2D eigenvalue weighted by Crippen LogP contribution is 2.33. The van der Waals surface area contributed by atoms with Crippen molar-refractivity contribution in [3.05, 3.63) is 65.7 Å². The van der Waals surface area contributed by atoms with Crippen LogP contribution in [0.3, 0.4) is 0 Å². The molecule has 0 saturated carbocycles. The van der Waals surface area contributed by atoms with Crippen LogP contribution in [0.15, 0.2) is 53.4 Å².